The fraction of sp³-hybridized carbons (Fsp3) is 0.684. The molecular formula is C19H29N5O2. The maximum Gasteiger partial charge on any atom is 0.225 e. The zero-order valence-corrected chi connectivity index (χ0v) is 15.4. The molecule has 1 aromatic rings. The lowest BCUT2D eigenvalue weighted by molar-refractivity contribution is -0.131. The Kier molecular flexibility index (Phi) is 6.80. The van der Waals surface area contributed by atoms with Gasteiger partial charge < -0.3 is 15.1 Å². The molecule has 0 bridgehead atoms. The lowest BCUT2D eigenvalue weighted by Crippen LogP contribution is -2.42. The van der Waals surface area contributed by atoms with Crippen molar-refractivity contribution in [2.24, 2.45) is 5.92 Å². The van der Waals surface area contributed by atoms with E-state index in [1.54, 1.807) is 12.4 Å². The molecule has 2 aliphatic heterocycles. The van der Waals surface area contributed by atoms with Gasteiger partial charge in [0.05, 0.1) is 0 Å². The fourth-order valence-electron chi connectivity index (χ4n) is 3.73. The van der Waals surface area contributed by atoms with Crippen LogP contribution < -0.4 is 10.2 Å². The highest BCUT2D eigenvalue weighted by Gasteiger charge is 2.22. The highest BCUT2D eigenvalue weighted by molar-refractivity contribution is 5.79. The predicted octanol–water partition coefficient (Wildman–Crippen LogP) is 1.60. The van der Waals surface area contributed by atoms with E-state index in [2.05, 4.69) is 20.2 Å². The number of piperidine rings is 1. The van der Waals surface area contributed by atoms with Crippen molar-refractivity contribution in [1.82, 2.24) is 20.2 Å². The summed E-state index contributed by atoms with van der Waals surface area (Å²) in [5.74, 6) is 1.41. The van der Waals surface area contributed by atoms with Crippen LogP contribution in [0.5, 0.6) is 0 Å². The summed E-state index contributed by atoms with van der Waals surface area (Å²) in [7, 11) is 0. The van der Waals surface area contributed by atoms with E-state index in [4.69, 9.17) is 0 Å². The molecule has 1 unspecified atom stereocenters. The monoisotopic (exact) mass is 359 g/mol. The molecular weight excluding hydrogens is 330 g/mol. The van der Waals surface area contributed by atoms with Crippen LogP contribution in [0, 0.1) is 5.92 Å². The van der Waals surface area contributed by atoms with Crippen LogP contribution in [-0.4, -0.2) is 59.4 Å². The second-order valence-corrected chi connectivity index (χ2v) is 7.25. The predicted molar refractivity (Wildman–Crippen MR) is 99.6 cm³/mol. The van der Waals surface area contributed by atoms with E-state index in [-0.39, 0.29) is 11.8 Å². The molecule has 0 aliphatic carbocycles. The van der Waals surface area contributed by atoms with E-state index >= 15 is 0 Å². The molecule has 3 heterocycles. The number of amides is 2. The summed E-state index contributed by atoms with van der Waals surface area (Å²) in [6, 6.07) is 1.82. The van der Waals surface area contributed by atoms with Crippen LogP contribution in [0.4, 0.5) is 5.95 Å². The Hall–Kier alpha value is -2.18. The molecule has 0 spiro atoms. The molecule has 3 rings (SSSR count). The lowest BCUT2D eigenvalue weighted by atomic mass is 9.98. The van der Waals surface area contributed by atoms with Crippen LogP contribution in [0.25, 0.3) is 0 Å². The third kappa shape index (κ3) is 5.41. The number of likely N-dealkylation sites (tertiary alicyclic amines) is 1. The molecule has 7 nitrogen and oxygen atoms in total. The molecule has 2 amide bonds. The number of hydrogen-bond donors (Lipinski definition) is 1. The van der Waals surface area contributed by atoms with Crippen LogP contribution >= 0.6 is 0 Å². The molecule has 26 heavy (non-hydrogen) atoms. The number of hydrogen-bond acceptors (Lipinski definition) is 5. The van der Waals surface area contributed by atoms with Crippen LogP contribution in [0.3, 0.4) is 0 Å². The molecule has 1 aromatic heterocycles. The Balaban J connectivity index is 1.39. The number of aromatic nitrogens is 2. The van der Waals surface area contributed by atoms with Gasteiger partial charge in [-0.1, -0.05) is 6.42 Å². The third-order valence-electron chi connectivity index (χ3n) is 5.22. The van der Waals surface area contributed by atoms with Gasteiger partial charge in [-0.2, -0.15) is 0 Å². The summed E-state index contributed by atoms with van der Waals surface area (Å²) in [6.07, 6.45) is 9.87. The second-order valence-electron chi connectivity index (χ2n) is 7.25. The van der Waals surface area contributed by atoms with E-state index < -0.39 is 0 Å². The maximum absolute atomic E-state index is 12.2. The zero-order chi connectivity index (χ0) is 18.2. The largest absolute Gasteiger partial charge is 0.356 e. The Morgan fingerprint density at radius 2 is 2.00 bits per heavy atom. The summed E-state index contributed by atoms with van der Waals surface area (Å²) in [4.78, 5) is 36.8. The normalized spacial score (nSPS) is 21.4. The van der Waals surface area contributed by atoms with Crippen molar-refractivity contribution >= 4 is 17.8 Å². The molecule has 2 saturated heterocycles. The first-order valence-corrected chi connectivity index (χ1v) is 9.79. The fourth-order valence-corrected chi connectivity index (χ4v) is 3.73. The van der Waals surface area contributed by atoms with E-state index in [1.165, 1.54) is 0 Å². The molecule has 2 aliphatic rings. The quantitative estimate of drug-likeness (QED) is 0.835. The Labute approximate surface area is 155 Å². The Bertz CT molecular complexity index is 595. The Morgan fingerprint density at radius 1 is 1.15 bits per heavy atom. The van der Waals surface area contributed by atoms with Crippen LogP contribution in [0.2, 0.25) is 0 Å². The summed E-state index contributed by atoms with van der Waals surface area (Å²) in [5, 5.41) is 3.05. The summed E-state index contributed by atoms with van der Waals surface area (Å²) in [5.41, 5.74) is 0. The van der Waals surface area contributed by atoms with E-state index in [0.29, 0.717) is 31.8 Å². The minimum absolute atomic E-state index is 0.0372. The molecule has 0 saturated carbocycles. The Morgan fingerprint density at radius 3 is 2.85 bits per heavy atom. The number of nitrogens with one attached hydrogen (secondary N) is 1. The van der Waals surface area contributed by atoms with Gasteiger partial charge in [0.25, 0.3) is 0 Å². The van der Waals surface area contributed by atoms with Crippen molar-refractivity contribution in [3.05, 3.63) is 18.5 Å². The smallest absolute Gasteiger partial charge is 0.225 e. The van der Waals surface area contributed by atoms with Crippen molar-refractivity contribution in [1.29, 1.82) is 0 Å². The lowest BCUT2D eigenvalue weighted by Gasteiger charge is -2.32. The van der Waals surface area contributed by atoms with E-state index in [0.717, 1.165) is 57.7 Å². The number of nitrogens with zero attached hydrogens (tertiary/aromatic N) is 4. The van der Waals surface area contributed by atoms with Crippen LogP contribution in [0.1, 0.15) is 44.9 Å². The van der Waals surface area contributed by atoms with Gasteiger partial charge in [0, 0.05) is 58.0 Å². The zero-order valence-electron chi connectivity index (χ0n) is 15.4. The van der Waals surface area contributed by atoms with Gasteiger partial charge in [0.15, 0.2) is 0 Å². The molecule has 1 atom stereocenters. The molecule has 142 valence electrons. The third-order valence-corrected chi connectivity index (χ3v) is 5.22. The molecule has 2 fully saturated rings. The first-order chi connectivity index (χ1) is 12.7. The minimum atomic E-state index is 0.0372. The van der Waals surface area contributed by atoms with Crippen LogP contribution in [0.15, 0.2) is 18.5 Å². The van der Waals surface area contributed by atoms with Gasteiger partial charge in [0.2, 0.25) is 17.8 Å². The average Bonchev–Trinajstić information content (AvgIpc) is 2.89. The standard InChI is InChI=1S/C19H29N5O2/c25-17(8-13-23-11-3-1-2-7-18(23)26)22-14-16-6-4-12-24(15-16)19-20-9-5-10-21-19/h5,9-10,16H,1-4,6-8,11-15H2,(H,22,25). The number of rotatable bonds is 6. The van der Waals surface area contributed by atoms with E-state index in [1.807, 2.05) is 11.0 Å². The average molecular weight is 359 g/mol. The number of carbonyl (C=O) groups excluding carboxylic acids is 2. The number of carbonyl (C=O) groups is 2. The van der Waals surface area contributed by atoms with Crippen molar-refractivity contribution in [2.75, 3.05) is 37.6 Å². The van der Waals surface area contributed by atoms with Gasteiger partial charge >= 0.3 is 0 Å². The van der Waals surface area contributed by atoms with Gasteiger partial charge in [-0.15, -0.1) is 0 Å². The SMILES string of the molecule is O=C(CCN1CCCCCC1=O)NCC1CCCN(c2ncccn2)C1. The molecule has 0 aromatic carbocycles. The molecule has 7 heteroatoms. The highest BCUT2D eigenvalue weighted by Crippen LogP contribution is 2.19. The van der Waals surface area contributed by atoms with Gasteiger partial charge in [-0.3, -0.25) is 9.59 Å². The minimum Gasteiger partial charge on any atom is -0.356 e. The first-order valence-electron chi connectivity index (χ1n) is 9.79. The van der Waals surface area contributed by atoms with Gasteiger partial charge in [-0.25, -0.2) is 9.97 Å². The van der Waals surface area contributed by atoms with Crippen LogP contribution in [-0.2, 0) is 9.59 Å². The molecule has 0 radical (unpaired) electrons. The summed E-state index contributed by atoms with van der Waals surface area (Å²) >= 11 is 0. The number of anilines is 1. The summed E-state index contributed by atoms with van der Waals surface area (Å²) in [6.45, 7) is 3.84. The maximum atomic E-state index is 12.2. The highest BCUT2D eigenvalue weighted by atomic mass is 16.2. The second kappa shape index (κ2) is 9.50. The van der Waals surface area contributed by atoms with E-state index in [9.17, 15) is 9.59 Å². The first kappa shape index (κ1) is 18.6. The van der Waals surface area contributed by atoms with Crippen molar-refractivity contribution in [3.63, 3.8) is 0 Å². The topological polar surface area (TPSA) is 78.4 Å². The van der Waals surface area contributed by atoms with Crippen molar-refractivity contribution in [3.8, 4) is 0 Å². The summed E-state index contributed by atoms with van der Waals surface area (Å²) < 4.78 is 0. The van der Waals surface area contributed by atoms with Gasteiger partial charge in [0.1, 0.15) is 0 Å². The van der Waals surface area contributed by atoms with Crippen molar-refractivity contribution < 1.29 is 9.59 Å². The van der Waals surface area contributed by atoms with Crippen molar-refractivity contribution in [2.45, 2.75) is 44.9 Å². The molecule has 1 N–H and O–H groups in total. The van der Waals surface area contributed by atoms with Gasteiger partial charge in [-0.05, 0) is 37.7 Å².